The molecule has 2 saturated heterocycles. The van der Waals surface area contributed by atoms with E-state index < -0.39 is 0 Å². The molecule has 0 radical (unpaired) electrons. The first-order valence-electron chi connectivity index (χ1n) is 10.1. The molecule has 7 nitrogen and oxygen atoms in total. The number of likely N-dealkylation sites (tertiary alicyclic amines) is 2. The van der Waals surface area contributed by atoms with Gasteiger partial charge in [0.1, 0.15) is 17.9 Å². The summed E-state index contributed by atoms with van der Waals surface area (Å²) in [6, 6.07) is 0.570. The van der Waals surface area contributed by atoms with E-state index >= 15 is 0 Å². The van der Waals surface area contributed by atoms with Crippen LogP contribution in [0.4, 0.5) is 0 Å². The van der Waals surface area contributed by atoms with Gasteiger partial charge in [-0.2, -0.15) is 0 Å². The number of aryl methyl sites for hydroxylation is 3. The fraction of sp³-hybridized carbons (Fsp3) is 0.750. The zero-order valence-electron chi connectivity index (χ0n) is 17.3. The summed E-state index contributed by atoms with van der Waals surface area (Å²) in [5.74, 6) is 2.57. The molecule has 2 aliphatic heterocycles. The maximum atomic E-state index is 5.35. The van der Waals surface area contributed by atoms with Gasteiger partial charge in [0, 0.05) is 44.2 Å². The summed E-state index contributed by atoms with van der Waals surface area (Å²) >= 11 is 0. The van der Waals surface area contributed by atoms with Gasteiger partial charge in [0.25, 0.3) is 0 Å². The third-order valence-electron chi connectivity index (χ3n) is 6.88. The van der Waals surface area contributed by atoms with Crippen molar-refractivity contribution in [2.45, 2.75) is 59.0 Å². The highest BCUT2D eigenvalue weighted by molar-refractivity contribution is 5.21. The number of hydrogen-bond donors (Lipinski definition) is 0. The summed E-state index contributed by atoms with van der Waals surface area (Å²) in [5.41, 5.74) is 2.59. The predicted molar refractivity (Wildman–Crippen MR) is 103 cm³/mol. The Labute approximate surface area is 161 Å². The second-order valence-corrected chi connectivity index (χ2v) is 8.82. The summed E-state index contributed by atoms with van der Waals surface area (Å²) in [4.78, 5) is 5.19. The van der Waals surface area contributed by atoms with Crippen LogP contribution in [-0.2, 0) is 13.6 Å². The Balaban J connectivity index is 1.51. The Morgan fingerprint density at radius 3 is 2.56 bits per heavy atom. The molecule has 7 heteroatoms. The maximum Gasteiger partial charge on any atom is 0.138 e. The maximum absolute atomic E-state index is 5.35. The van der Waals surface area contributed by atoms with E-state index in [4.69, 9.17) is 4.52 Å². The van der Waals surface area contributed by atoms with E-state index in [2.05, 4.69) is 50.6 Å². The van der Waals surface area contributed by atoms with Crippen molar-refractivity contribution in [2.75, 3.05) is 26.2 Å². The molecule has 0 bridgehead atoms. The highest BCUT2D eigenvalue weighted by atomic mass is 16.5. The topological polar surface area (TPSA) is 63.2 Å². The fourth-order valence-electron chi connectivity index (χ4n) is 4.98. The molecule has 0 aliphatic carbocycles. The quantitative estimate of drug-likeness (QED) is 0.822. The lowest BCUT2D eigenvalue weighted by Crippen LogP contribution is -2.44. The number of hydrogen-bond acceptors (Lipinski definition) is 6. The normalized spacial score (nSPS) is 23.7. The van der Waals surface area contributed by atoms with Crippen molar-refractivity contribution in [1.29, 1.82) is 0 Å². The smallest absolute Gasteiger partial charge is 0.138 e. The summed E-state index contributed by atoms with van der Waals surface area (Å²) in [6.07, 6.45) is 4.25. The molecular formula is C20H32N6O. The van der Waals surface area contributed by atoms with Crippen molar-refractivity contribution in [3.8, 4) is 0 Å². The molecule has 0 amide bonds. The Hall–Kier alpha value is -1.73. The lowest BCUT2D eigenvalue weighted by atomic mass is 9.70. The minimum Gasteiger partial charge on any atom is -0.361 e. The van der Waals surface area contributed by atoms with Gasteiger partial charge < -0.3 is 9.09 Å². The molecule has 148 valence electrons. The van der Waals surface area contributed by atoms with Gasteiger partial charge in [0.2, 0.25) is 0 Å². The van der Waals surface area contributed by atoms with Crippen molar-refractivity contribution >= 4 is 0 Å². The first-order valence-corrected chi connectivity index (χ1v) is 10.1. The van der Waals surface area contributed by atoms with Crippen LogP contribution in [0.1, 0.15) is 55.4 Å². The number of nitrogens with zero attached hydrogens (tertiary/aromatic N) is 6. The second-order valence-electron chi connectivity index (χ2n) is 8.82. The van der Waals surface area contributed by atoms with Crippen LogP contribution in [0.2, 0.25) is 0 Å². The third-order valence-corrected chi connectivity index (χ3v) is 6.88. The lowest BCUT2D eigenvalue weighted by molar-refractivity contribution is 0.0862. The predicted octanol–water partition coefficient (Wildman–Crippen LogP) is 2.51. The third kappa shape index (κ3) is 3.31. The highest BCUT2D eigenvalue weighted by Gasteiger charge is 2.50. The van der Waals surface area contributed by atoms with Gasteiger partial charge in [-0.05, 0) is 59.0 Å². The Morgan fingerprint density at radius 1 is 1.26 bits per heavy atom. The van der Waals surface area contributed by atoms with Gasteiger partial charge in [0.15, 0.2) is 0 Å². The molecule has 4 rings (SSSR count). The van der Waals surface area contributed by atoms with Crippen molar-refractivity contribution < 1.29 is 4.52 Å². The van der Waals surface area contributed by atoms with Gasteiger partial charge in [-0.1, -0.05) is 5.16 Å². The van der Waals surface area contributed by atoms with Gasteiger partial charge >= 0.3 is 0 Å². The van der Waals surface area contributed by atoms with Gasteiger partial charge in [0.05, 0.1) is 5.69 Å². The van der Waals surface area contributed by atoms with Crippen molar-refractivity contribution in [2.24, 2.45) is 12.5 Å². The molecule has 27 heavy (non-hydrogen) atoms. The SMILES string of the molecule is Cc1noc(C)c1CN1CCC2(CC1)CN(C(C)C)CC2c1nncn1C. The number of aromatic nitrogens is 4. The van der Waals surface area contributed by atoms with E-state index in [0.717, 1.165) is 43.5 Å². The highest BCUT2D eigenvalue weighted by Crippen LogP contribution is 2.49. The molecule has 2 aliphatic rings. The second kappa shape index (κ2) is 7.02. The zero-order valence-corrected chi connectivity index (χ0v) is 17.3. The summed E-state index contributed by atoms with van der Waals surface area (Å²) < 4.78 is 7.47. The fourth-order valence-corrected chi connectivity index (χ4v) is 4.98. The number of rotatable bonds is 4. The Morgan fingerprint density at radius 2 is 2.00 bits per heavy atom. The van der Waals surface area contributed by atoms with Crippen LogP contribution in [0, 0.1) is 19.3 Å². The molecule has 1 atom stereocenters. The van der Waals surface area contributed by atoms with E-state index in [1.165, 1.54) is 24.9 Å². The average molecular weight is 373 g/mol. The van der Waals surface area contributed by atoms with Crippen LogP contribution in [0.15, 0.2) is 10.9 Å². The molecule has 0 N–H and O–H groups in total. The van der Waals surface area contributed by atoms with Crippen LogP contribution in [0.25, 0.3) is 0 Å². The summed E-state index contributed by atoms with van der Waals surface area (Å²) in [6.45, 7) is 14.1. The molecule has 0 saturated carbocycles. The van der Waals surface area contributed by atoms with E-state index in [1.807, 2.05) is 20.2 Å². The van der Waals surface area contributed by atoms with Crippen LogP contribution in [-0.4, -0.2) is 61.9 Å². The van der Waals surface area contributed by atoms with Gasteiger partial charge in [-0.3, -0.25) is 9.80 Å². The first kappa shape index (κ1) is 18.6. The molecule has 2 aromatic rings. The molecule has 1 unspecified atom stereocenters. The minimum atomic E-state index is 0.306. The van der Waals surface area contributed by atoms with E-state index in [9.17, 15) is 0 Å². The van der Waals surface area contributed by atoms with Crippen LogP contribution in [0.5, 0.6) is 0 Å². The largest absolute Gasteiger partial charge is 0.361 e. The monoisotopic (exact) mass is 372 g/mol. The van der Waals surface area contributed by atoms with Crippen molar-refractivity contribution in [1.82, 2.24) is 29.7 Å². The van der Waals surface area contributed by atoms with Gasteiger partial charge in [-0.25, -0.2) is 0 Å². The van der Waals surface area contributed by atoms with Crippen molar-refractivity contribution in [3.63, 3.8) is 0 Å². The Bertz CT molecular complexity index is 767. The van der Waals surface area contributed by atoms with Gasteiger partial charge in [-0.15, -0.1) is 10.2 Å². The molecule has 2 fully saturated rings. The number of piperidine rings is 1. The van der Waals surface area contributed by atoms with E-state index in [1.54, 1.807) is 0 Å². The van der Waals surface area contributed by atoms with E-state index in [0.29, 0.717) is 17.4 Å². The van der Waals surface area contributed by atoms with Crippen molar-refractivity contribution in [3.05, 3.63) is 29.2 Å². The molecule has 1 spiro atoms. The van der Waals surface area contributed by atoms with E-state index in [-0.39, 0.29) is 0 Å². The summed E-state index contributed by atoms with van der Waals surface area (Å²) in [5, 5.41) is 12.8. The van der Waals surface area contributed by atoms with Crippen LogP contribution < -0.4 is 0 Å². The first-order chi connectivity index (χ1) is 12.9. The average Bonchev–Trinajstić information content (AvgIpc) is 3.30. The molecule has 2 aromatic heterocycles. The molecular weight excluding hydrogens is 340 g/mol. The Kier molecular flexibility index (Phi) is 4.84. The zero-order chi connectivity index (χ0) is 19.2. The standard InChI is InChI=1S/C20H32N6O/c1-14(2)26-11-18(19-22-21-13-24(19)5)20(12-26)6-8-25(9-7-20)10-17-15(3)23-27-16(17)4/h13-14,18H,6-12H2,1-5H3. The lowest BCUT2D eigenvalue weighted by Gasteiger charge is -2.42. The molecule has 0 aromatic carbocycles. The summed E-state index contributed by atoms with van der Waals surface area (Å²) in [7, 11) is 2.08. The van der Waals surface area contributed by atoms with Crippen LogP contribution in [0.3, 0.4) is 0 Å². The molecule has 4 heterocycles. The van der Waals surface area contributed by atoms with Crippen LogP contribution >= 0.6 is 0 Å². The minimum absolute atomic E-state index is 0.306.